The summed E-state index contributed by atoms with van der Waals surface area (Å²) in [7, 11) is 1.70. The number of hydrogen-bond acceptors (Lipinski definition) is 3. The van der Waals surface area contributed by atoms with Gasteiger partial charge in [0, 0.05) is 26.3 Å². The van der Waals surface area contributed by atoms with Crippen LogP contribution in [0, 0.1) is 5.41 Å². The third kappa shape index (κ3) is 4.25. The number of carbonyl (C=O) groups excluding carboxylic acids is 1. The van der Waals surface area contributed by atoms with Gasteiger partial charge >= 0.3 is 0 Å². The van der Waals surface area contributed by atoms with E-state index in [-0.39, 0.29) is 11.3 Å². The summed E-state index contributed by atoms with van der Waals surface area (Å²) in [5.41, 5.74) is -0.165. The predicted octanol–water partition coefficient (Wildman–Crippen LogP) is 1.70. The smallest absolute Gasteiger partial charge is 0.226 e. The van der Waals surface area contributed by atoms with Crippen LogP contribution in [0.4, 0.5) is 0 Å². The Bertz CT molecular complexity index is 250. The van der Waals surface area contributed by atoms with Crippen LogP contribution in [-0.4, -0.2) is 38.8 Å². The molecule has 1 fully saturated rings. The standard InChI is InChI=1S/C14H28N2O2/c1-4-15-12(2)11-16-13(17)14(9-10-18-3)7-5-6-8-14/h12,15H,4-11H2,1-3H3,(H,16,17)/t12-/m1/s1. The minimum absolute atomic E-state index is 0.165. The maximum absolute atomic E-state index is 12.4. The third-order valence-corrected chi connectivity index (χ3v) is 3.95. The van der Waals surface area contributed by atoms with Gasteiger partial charge in [0.05, 0.1) is 5.41 Å². The highest BCUT2D eigenvalue weighted by Gasteiger charge is 2.40. The van der Waals surface area contributed by atoms with Crippen LogP contribution in [0.3, 0.4) is 0 Å². The molecule has 0 saturated heterocycles. The van der Waals surface area contributed by atoms with Crippen molar-refractivity contribution in [3.05, 3.63) is 0 Å². The van der Waals surface area contributed by atoms with Crippen molar-refractivity contribution in [1.82, 2.24) is 10.6 Å². The maximum atomic E-state index is 12.4. The van der Waals surface area contributed by atoms with E-state index in [1.807, 2.05) is 0 Å². The second kappa shape index (κ2) is 7.74. The average molecular weight is 256 g/mol. The lowest BCUT2D eigenvalue weighted by atomic mass is 9.82. The molecular weight excluding hydrogens is 228 g/mol. The van der Waals surface area contributed by atoms with E-state index in [1.54, 1.807) is 7.11 Å². The lowest BCUT2D eigenvalue weighted by molar-refractivity contribution is -0.132. The molecule has 4 nitrogen and oxygen atoms in total. The van der Waals surface area contributed by atoms with Crippen LogP contribution in [0.5, 0.6) is 0 Å². The molecule has 1 rings (SSSR count). The van der Waals surface area contributed by atoms with E-state index in [0.29, 0.717) is 19.2 Å². The van der Waals surface area contributed by atoms with Crippen LogP contribution in [-0.2, 0) is 9.53 Å². The normalized spacial score (nSPS) is 19.7. The van der Waals surface area contributed by atoms with Gasteiger partial charge in [-0.1, -0.05) is 19.8 Å². The Balaban J connectivity index is 2.44. The van der Waals surface area contributed by atoms with Crippen molar-refractivity contribution in [2.45, 2.75) is 52.0 Å². The summed E-state index contributed by atoms with van der Waals surface area (Å²) in [5.74, 6) is 0.224. The summed E-state index contributed by atoms with van der Waals surface area (Å²) in [6.07, 6.45) is 5.21. The zero-order valence-electron chi connectivity index (χ0n) is 12.1. The fraction of sp³-hybridized carbons (Fsp3) is 0.929. The zero-order chi connectivity index (χ0) is 13.4. The van der Waals surface area contributed by atoms with Crippen LogP contribution in [0.2, 0.25) is 0 Å². The molecular formula is C14H28N2O2. The van der Waals surface area contributed by atoms with Crippen LogP contribution in [0.25, 0.3) is 0 Å². The number of ether oxygens (including phenoxy) is 1. The second-order valence-electron chi connectivity index (χ2n) is 5.40. The molecule has 1 aliphatic carbocycles. The first-order valence-corrected chi connectivity index (χ1v) is 7.15. The molecule has 106 valence electrons. The number of hydrogen-bond donors (Lipinski definition) is 2. The minimum Gasteiger partial charge on any atom is -0.385 e. The van der Waals surface area contributed by atoms with Crippen LogP contribution in [0.1, 0.15) is 46.0 Å². The molecule has 0 aromatic carbocycles. The number of likely N-dealkylation sites (N-methyl/N-ethyl adjacent to an activating group) is 1. The summed E-state index contributed by atoms with van der Waals surface area (Å²) in [6, 6.07) is 0.333. The maximum Gasteiger partial charge on any atom is 0.226 e. The van der Waals surface area contributed by atoms with E-state index in [0.717, 1.165) is 25.8 Å². The molecule has 1 amide bonds. The largest absolute Gasteiger partial charge is 0.385 e. The molecule has 2 N–H and O–H groups in total. The van der Waals surface area contributed by atoms with E-state index in [1.165, 1.54) is 12.8 Å². The second-order valence-corrected chi connectivity index (χ2v) is 5.40. The first-order valence-electron chi connectivity index (χ1n) is 7.15. The zero-order valence-corrected chi connectivity index (χ0v) is 12.1. The number of rotatable bonds is 8. The Morgan fingerprint density at radius 2 is 2.06 bits per heavy atom. The average Bonchev–Trinajstić information content (AvgIpc) is 2.84. The molecule has 0 aliphatic heterocycles. The summed E-state index contributed by atoms with van der Waals surface area (Å²) >= 11 is 0. The Morgan fingerprint density at radius 3 is 2.61 bits per heavy atom. The molecule has 0 radical (unpaired) electrons. The fourth-order valence-electron chi connectivity index (χ4n) is 2.79. The van der Waals surface area contributed by atoms with Crippen LogP contribution < -0.4 is 10.6 Å². The highest BCUT2D eigenvalue weighted by atomic mass is 16.5. The topological polar surface area (TPSA) is 50.4 Å². The molecule has 0 spiro atoms. The summed E-state index contributed by atoms with van der Waals surface area (Å²) in [6.45, 7) is 6.50. The Labute approximate surface area is 111 Å². The van der Waals surface area contributed by atoms with Crippen molar-refractivity contribution in [3.8, 4) is 0 Å². The van der Waals surface area contributed by atoms with E-state index in [4.69, 9.17) is 4.74 Å². The number of amides is 1. The van der Waals surface area contributed by atoms with Crippen molar-refractivity contribution < 1.29 is 9.53 Å². The van der Waals surface area contributed by atoms with Crippen molar-refractivity contribution >= 4 is 5.91 Å². The number of carbonyl (C=O) groups is 1. The Kier molecular flexibility index (Phi) is 6.65. The molecule has 0 heterocycles. The minimum atomic E-state index is -0.165. The van der Waals surface area contributed by atoms with Crippen LogP contribution in [0.15, 0.2) is 0 Å². The predicted molar refractivity (Wildman–Crippen MR) is 73.5 cm³/mol. The van der Waals surface area contributed by atoms with Crippen molar-refractivity contribution in [2.24, 2.45) is 5.41 Å². The van der Waals surface area contributed by atoms with Gasteiger partial charge in [-0.15, -0.1) is 0 Å². The quantitative estimate of drug-likeness (QED) is 0.695. The van der Waals surface area contributed by atoms with Crippen LogP contribution >= 0.6 is 0 Å². The van der Waals surface area contributed by atoms with Gasteiger partial charge in [0.2, 0.25) is 5.91 Å². The van der Waals surface area contributed by atoms with Gasteiger partial charge in [-0.25, -0.2) is 0 Å². The first-order chi connectivity index (χ1) is 8.64. The SMILES string of the molecule is CCN[C@H](C)CNC(=O)C1(CCOC)CCCC1. The molecule has 18 heavy (non-hydrogen) atoms. The third-order valence-electron chi connectivity index (χ3n) is 3.95. The molecule has 1 atom stereocenters. The lowest BCUT2D eigenvalue weighted by Gasteiger charge is -2.28. The monoisotopic (exact) mass is 256 g/mol. The number of nitrogens with one attached hydrogen (secondary N) is 2. The first kappa shape index (κ1) is 15.4. The lowest BCUT2D eigenvalue weighted by Crippen LogP contribution is -2.45. The van der Waals surface area contributed by atoms with Gasteiger partial charge < -0.3 is 15.4 Å². The number of methoxy groups -OCH3 is 1. The molecule has 0 unspecified atom stereocenters. The Hall–Kier alpha value is -0.610. The van der Waals surface area contributed by atoms with E-state index < -0.39 is 0 Å². The van der Waals surface area contributed by atoms with E-state index in [2.05, 4.69) is 24.5 Å². The van der Waals surface area contributed by atoms with E-state index >= 15 is 0 Å². The van der Waals surface area contributed by atoms with Crippen molar-refractivity contribution in [2.75, 3.05) is 26.8 Å². The van der Waals surface area contributed by atoms with Gasteiger partial charge in [0.15, 0.2) is 0 Å². The summed E-state index contributed by atoms with van der Waals surface area (Å²) in [5, 5.41) is 6.41. The van der Waals surface area contributed by atoms with Gasteiger partial charge in [-0.3, -0.25) is 4.79 Å². The van der Waals surface area contributed by atoms with Gasteiger partial charge in [-0.2, -0.15) is 0 Å². The molecule has 0 bridgehead atoms. The molecule has 1 saturated carbocycles. The molecule has 0 aromatic rings. The summed E-state index contributed by atoms with van der Waals surface area (Å²) < 4.78 is 5.15. The van der Waals surface area contributed by atoms with Crippen molar-refractivity contribution in [3.63, 3.8) is 0 Å². The van der Waals surface area contributed by atoms with Crippen molar-refractivity contribution in [1.29, 1.82) is 0 Å². The Morgan fingerprint density at radius 1 is 1.39 bits per heavy atom. The molecule has 0 aromatic heterocycles. The highest BCUT2D eigenvalue weighted by Crippen LogP contribution is 2.41. The summed E-state index contributed by atoms with van der Waals surface area (Å²) in [4.78, 5) is 12.4. The van der Waals surface area contributed by atoms with Gasteiger partial charge in [0.1, 0.15) is 0 Å². The molecule has 4 heteroatoms. The van der Waals surface area contributed by atoms with Gasteiger partial charge in [-0.05, 0) is 32.7 Å². The fourth-order valence-corrected chi connectivity index (χ4v) is 2.79. The molecule has 1 aliphatic rings. The highest BCUT2D eigenvalue weighted by molar-refractivity contribution is 5.82. The van der Waals surface area contributed by atoms with E-state index in [9.17, 15) is 4.79 Å². The van der Waals surface area contributed by atoms with Gasteiger partial charge in [0.25, 0.3) is 0 Å².